The van der Waals surface area contributed by atoms with Crippen LogP contribution in [0.3, 0.4) is 0 Å². The molecule has 3 aromatic rings. The van der Waals surface area contributed by atoms with E-state index in [2.05, 4.69) is 11.8 Å². The molecule has 8 nitrogen and oxygen atoms in total. The Balaban J connectivity index is 1.88. The topological polar surface area (TPSA) is 78.2 Å². The molecule has 0 unspecified atom stereocenters. The summed E-state index contributed by atoms with van der Waals surface area (Å²) in [5.74, 6) is 2.10. The standard InChI is InChI=1S/C28H39N3O5/c1-5-6-17-35-21-23(32)19-31(16-18-33-3)20-26-27(22-10-8-7-9-11-22)29-30(2)28(26)36-25-14-12-24(34-4)13-15-25/h7-15,23,32H,5-6,16-21H2,1-4H3/t23-/m0/s1. The average Bonchev–Trinajstić information content (AvgIpc) is 3.20. The van der Waals surface area contributed by atoms with E-state index < -0.39 is 6.10 Å². The van der Waals surface area contributed by atoms with Crippen molar-refractivity contribution in [3.8, 4) is 28.6 Å². The molecule has 0 saturated heterocycles. The zero-order valence-corrected chi connectivity index (χ0v) is 21.9. The molecule has 0 amide bonds. The summed E-state index contributed by atoms with van der Waals surface area (Å²) in [5.41, 5.74) is 2.79. The number of methoxy groups -OCH3 is 2. The number of aromatic nitrogens is 2. The lowest BCUT2D eigenvalue weighted by atomic mass is 10.1. The van der Waals surface area contributed by atoms with Crippen LogP contribution in [0.2, 0.25) is 0 Å². The second-order valence-electron chi connectivity index (χ2n) is 8.71. The maximum atomic E-state index is 10.7. The molecule has 8 heteroatoms. The largest absolute Gasteiger partial charge is 0.497 e. The first-order valence-corrected chi connectivity index (χ1v) is 12.5. The minimum Gasteiger partial charge on any atom is -0.497 e. The van der Waals surface area contributed by atoms with E-state index in [9.17, 15) is 5.11 Å². The Hall–Kier alpha value is -2.91. The van der Waals surface area contributed by atoms with Crippen LogP contribution in [0.5, 0.6) is 17.4 Å². The molecule has 196 valence electrons. The number of aryl methyl sites for hydroxylation is 1. The normalized spacial score (nSPS) is 12.2. The molecule has 0 aliphatic heterocycles. The lowest BCUT2D eigenvalue weighted by Gasteiger charge is -2.25. The highest BCUT2D eigenvalue weighted by Gasteiger charge is 2.23. The summed E-state index contributed by atoms with van der Waals surface area (Å²) in [6.07, 6.45) is 1.44. The summed E-state index contributed by atoms with van der Waals surface area (Å²) >= 11 is 0. The maximum Gasteiger partial charge on any atom is 0.222 e. The Morgan fingerprint density at radius 2 is 1.72 bits per heavy atom. The second kappa shape index (κ2) is 14.6. The number of aliphatic hydroxyl groups is 1. The second-order valence-corrected chi connectivity index (χ2v) is 8.71. The molecule has 0 aliphatic rings. The van der Waals surface area contributed by atoms with Gasteiger partial charge in [0.15, 0.2) is 0 Å². The van der Waals surface area contributed by atoms with Gasteiger partial charge in [0.05, 0.1) is 32.0 Å². The van der Waals surface area contributed by atoms with Gasteiger partial charge in [-0.05, 0) is 30.7 Å². The fourth-order valence-electron chi connectivity index (χ4n) is 3.90. The number of hydrogen-bond acceptors (Lipinski definition) is 7. The highest BCUT2D eigenvalue weighted by Crippen LogP contribution is 2.34. The third-order valence-electron chi connectivity index (χ3n) is 5.82. The van der Waals surface area contributed by atoms with E-state index in [1.165, 1.54) is 0 Å². The van der Waals surface area contributed by atoms with Crippen molar-refractivity contribution in [2.45, 2.75) is 32.4 Å². The number of hydrogen-bond donors (Lipinski definition) is 1. The van der Waals surface area contributed by atoms with Crippen molar-refractivity contribution in [1.29, 1.82) is 0 Å². The molecule has 1 N–H and O–H groups in total. The van der Waals surface area contributed by atoms with E-state index >= 15 is 0 Å². The Morgan fingerprint density at radius 3 is 2.39 bits per heavy atom. The van der Waals surface area contributed by atoms with Gasteiger partial charge in [0, 0.05) is 46.0 Å². The number of unbranched alkanes of at least 4 members (excludes halogenated alkanes) is 1. The molecular formula is C28H39N3O5. The van der Waals surface area contributed by atoms with Gasteiger partial charge < -0.3 is 24.1 Å². The van der Waals surface area contributed by atoms with Crippen LogP contribution in [-0.4, -0.2) is 73.0 Å². The van der Waals surface area contributed by atoms with Crippen molar-refractivity contribution in [1.82, 2.24) is 14.7 Å². The lowest BCUT2D eigenvalue weighted by molar-refractivity contribution is 0.0101. The van der Waals surface area contributed by atoms with Crippen molar-refractivity contribution in [3.63, 3.8) is 0 Å². The van der Waals surface area contributed by atoms with Gasteiger partial charge in [0.1, 0.15) is 17.2 Å². The van der Waals surface area contributed by atoms with Gasteiger partial charge in [-0.2, -0.15) is 5.10 Å². The van der Waals surface area contributed by atoms with Crippen LogP contribution in [0.15, 0.2) is 54.6 Å². The Bertz CT molecular complexity index is 1020. The molecule has 0 radical (unpaired) electrons. The van der Waals surface area contributed by atoms with Crippen LogP contribution in [0.25, 0.3) is 11.3 Å². The van der Waals surface area contributed by atoms with Crippen molar-refractivity contribution in [3.05, 3.63) is 60.2 Å². The van der Waals surface area contributed by atoms with Gasteiger partial charge in [0.25, 0.3) is 0 Å². The number of aliphatic hydroxyl groups excluding tert-OH is 1. The van der Waals surface area contributed by atoms with Crippen LogP contribution in [0.1, 0.15) is 25.3 Å². The Labute approximate surface area is 214 Å². The van der Waals surface area contributed by atoms with Crippen molar-refractivity contribution >= 4 is 0 Å². The highest BCUT2D eigenvalue weighted by atomic mass is 16.5. The number of ether oxygens (including phenoxy) is 4. The molecule has 1 aromatic heterocycles. The van der Waals surface area contributed by atoms with E-state index in [4.69, 9.17) is 24.0 Å². The van der Waals surface area contributed by atoms with Crippen LogP contribution in [0.4, 0.5) is 0 Å². The molecule has 0 saturated carbocycles. The third kappa shape index (κ3) is 8.06. The summed E-state index contributed by atoms with van der Waals surface area (Å²) in [5, 5.41) is 15.5. The zero-order chi connectivity index (χ0) is 25.8. The summed E-state index contributed by atoms with van der Waals surface area (Å²) in [6, 6.07) is 17.5. The molecule has 0 bridgehead atoms. The molecule has 0 aliphatic carbocycles. The van der Waals surface area contributed by atoms with E-state index in [-0.39, 0.29) is 0 Å². The van der Waals surface area contributed by atoms with Gasteiger partial charge in [-0.15, -0.1) is 0 Å². The predicted octanol–water partition coefficient (Wildman–Crippen LogP) is 4.51. The van der Waals surface area contributed by atoms with Gasteiger partial charge in [0.2, 0.25) is 5.88 Å². The number of nitrogens with zero attached hydrogens (tertiary/aromatic N) is 3. The average molecular weight is 498 g/mol. The van der Waals surface area contributed by atoms with Crippen molar-refractivity contribution in [2.75, 3.05) is 47.1 Å². The molecule has 0 spiro atoms. The monoisotopic (exact) mass is 497 g/mol. The predicted molar refractivity (Wildman–Crippen MR) is 141 cm³/mol. The lowest BCUT2D eigenvalue weighted by Crippen LogP contribution is -2.36. The van der Waals surface area contributed by atoms with E-state index in [0.29, 0.717) is 51.1 Å². The molecule has 2 aromatic carbocycles. The van der Waals surface area contributed by atoms with Crippen LogP contribution in [-0.2, 0) is 23.1 Å². The van der Waals surface area contributed by atoms with Crippen LogP contribution >= 0.6 is 0 Å². The SMILES string of the molecule is CCCCOC[C@@H](O)CN(CCOC)Cc1c(-c2ccccc2)nn(C)c1Oc1ccc(OC)cc1. The summed E-state index contributed by atoms with van der Waals surface area (Å²) in [4.78, 5) is 2.15. The molecule has 0 fully saturated rings. The molecule has 1 atom stereocenters. The molecular weight excluding hydrogens is 458 g/mol. The first-order chi connectivity index (χ1) is 17.5. The first-order valence-electron chi connectivity index (χ1n) is 12.5. The summed E-state index contributed by atoms with van der Waals surface area (Å²) in [6.45, 7) is 5.24. The Kier molecular flexibility index (Phi) is 11.2. The van der Waals surface area contributed by atoms with Crippen molar-refractivity contribution in [2.24, 2.45) is 7.05 Å². The highest BCUT2D eigenvalue weighted by molar-refractivity contribution is 5.65. The third-order valence-corrected chi connectivity index (χ3v) is 5.82. The van der Waals surface area contributed by atoms with Gasteiger partial charge in [-0.25, -0.2) is 4.68 Å². The summed E-state index contributed by atoms with van der Waals surface area (Å²) < 4.78 is 24.4. The number of benzene rings is 2. The first kappa shape index (κ1) is 27.7. The van der Waals surface area contributed by atoms with E-state index in [1.54, 1.807) is 18.9 Å². The smallest absolute Gasteiger partial charge is 0.222 e. The van der Waals surface area contributed by atoms with Gasteiger partial charge in [-0.1, -0.05) is 43.7 Å². The Morgan fingerprint density at radius 1 is 1.00 bits per heavy atom. The van der Waals surface area contributed by atoms with Crippen molar-refractivity contribution < 1.29 is 24.1 Å². The minimum absolute atomic E-state index is 0.303. The fraction of sp³-hybridized carbons (Fsp3) is 0.464. The maximum absolute atomic E-state index is 10.7. The van der Waals surface area contributed by atoms with Gasteiger partial charge in [-0.3, -0.25) is 4.90 Å². The van der Waals surface area contributed by atoms with Crippen LogP contribution in [0, 0.1) is 0 Å². The quantitative estimate of drug-likeness (QED) is 0.292. The van der Waals surface area contributed by atoms with E-state index in [1.807, 2.05) is 61.6 Å². The number of rotatable bonds is 16. The van der Waals surface area contributed by atoms with E-state index in [0.717, 1.165) is 35.4 Å². The fourth-order valence-corrected chi connectivity index (χ4v) is 3.90. The molecule has 1 heterocycles. The summed E-state index contributed by atoms with van der Waals surface area (Å²) in [7, 11) is 5.20. The zero-order valence-electron chi connectivity index (χ0n) is 21.9. The van der Waals surface area contributed by atoms with Crippen LogP contribution < -0.4 is 9.47 Å². The molecule has 36 heavy (non-hydrogen) atoms. The minimum atomic E-state index is -0.610. The molecule has 3 rings (SSSR count). The van der Waals surface area contributed by atoms with Gasteiger partial charge >= 0.3 is 0 Å².